The highest BCUT2D eigenvalue weighted by atomic mass is 15.4. The molecule has 1 heterocycles. The van der Waals surface area contributed by atoms with Crippen LogP contribution >= 0.6 is 0 Å². The van der Waals surface area contributed by atoms with Crippen molar-refractivity contribution in [3.05, 3.63) is 11.9 Å². The molecule has 0 amide bonds. The largest absolute Gasteiger partial charge is 0.310 e. The fourth-order valence-electron chi connectivity index (χ4n) is 3.55. The lowest BCUT2D eigenvalue weighted by Crippen LogP contribution is -2.51. The van der Waals surface area contributed by atoms with Gasteiger partial charge in [0.25, 0.3) is 0 Å². The maximum absolute atomic E-state index is 4.24. The standard InChI is InChI=1S/C14H27N5/c1-5-10-19-12(11-16-17-19)13(15-2)14(18(3)4)8-6-7-9-14/h11,13,15H,5-10H2,1-4H3. The third-order valence-electron chi connectivity index (χ3n) is 4.56. The van der Waals surface area contributed by atoms with Gasteiger partial charge in [0.1, 0.15) is 0 Å². The van der Waals surface area contributed by atoms with Crippen LogP contribution in [0.2, 0.25) is 0 Å². The van der Waals surface area contributed by atoms with Crippen molar-refractivity contribution in [2.24, 2.45) is 0 Å². The molecule has 108 valence electrons. The summed E-state index contributed by atoms with van der Waals surface area (Å²) in [5.41, 5.74) is 1.42. The number of hydrogen-bond donors (Lipinski definition) is 1. The minimum absolute atomic E-state index is 0.196. The second-order valence-electron chi connectivity index (χ2n) is 5.81. The molecule has 2 rings (SSSR count). The van der Waals surface area contributed by atoms with Crippen LogP contribution in [0.15, 0.2) is 6.20 Å². The molecule has 1 fully saturated rings. The van der Waals surface area contributed by atoms with Crippen molar-refractivity contribution in [3.8, 4) is 0 Å². The van der Waals surface area contributed by atoms with Crippen molar-refractivity contribution < 1.29 is 0 Å². The first-order chi connectivity index (χ1) is 9.15. The minimum Gasteiger partial charge on any atom is -0.310 e. The minimum atomic E-state index is 0.196. The van der Waals surface area contributed by atoms with E-state index >= 15 is 0 Å². The molecule has 0 bridgehead atoms. The molecule has 1 aromatic heterocycles. The molecule has 1 aliphatic rings. The Kier molecular flexibility index (Phi) is 4.58. The van der Waals surface area contributed by atoms with Gasteiger partial charge in [-0.1, -0.05) is 25.0 Å². The van der Waals surface area contributed by atoms with E-state index in [1.807, 2.05) is 6.20 Å². The number of rotatable bonds is 6. The van der Waals surface area contributed by atoms with Crippen LogP contribution in [-0.4, -0.2) is 46.6 Å². The van der Waals surface area contributed by atoms with Crippen LogP contribution in [0.4, 0.5) is 0 Å². The van der Waals surface area contributed by atoms with Crippen LogP contribution in [0.1, 0.15) is 50.8 Å². The Morgan fingerprint density at radius 3 is 2.63 bits per heavy atom. The topological polar surface area (TPSA) is 46.0 Å². The molecule has 1 atom stereocenters. The van der Waals surface area contributed by atoms with Gasteiger partial charge in [0.05, 0.1) is 17.9 Å². The van der Waals surface area contributed by atoms with Gasteiger partial charge in [-0.25, -0.2) is 4.68 Å². The molecule has 1 saturated carbocycles. The van der Waals surface area contributed by atoms with E-state index in [0.717, 1.165) is 13.0 Å². The fourth-order valence-corrected chi connectivity index (χ4v) is 3.55. The number of aryl methyl sites for hydroxylation is 1. The van der Waals surface area contributed by atoms with Gasteiger partial charge < -0.3 is 10.2 Å². The average Bonchev–Trinajstić information content (AvgIpc) is 3.02. The Balaban J connectivity index is 2.34. The zero-order valence-electron chi connectivity index (χ0n) is 12.7. The molecular formula is C14H27N5. The van der Waals surface area contributed by atoms with Gasteiger partial charge in [0, 0.05) is 12.1 Å². The zero-order valence-corrected chi connectivity index (χ0v) is 12.7. The molecule has 0 saturated heterocycles. The Morgan fingerprint density at radius 2 is 2.11 bits per heavy atom. The summed E-state index contributed by atoms with van der Waals surface area (Å²) in [5, 5.41) is 11.9. The molecule has 0 radical (unpaired) electrons. The highest BCUT2D eigenvalue weighted by molar-refractivity contribution is 5.14. The van der Waals surface area contributed by atoms with E-state index in [4.69, 9.17) is 0 Å². The van der Waals surface area contributed by atoms with Crippen molar-refractivity contribution in [2.45, 2.75) is 57.2 Å². The van der Waals surface area contributed by atoms with Crippen molar-refractivity contribution in [1.29, 1.82) is 0 Å². The van der Waals surface area contributed by atoms with Gasteiger partial charge in [-0.2, -0.15) is 0 Å². The van der Waals surface area contributed by atoms with Crippen molar-refractivity contribution in [2.75, 3.05) is 21.1 Å². The molecule has 5 heteroatoms. The summed E-state index contributed by atoms with van der Waals surface area (Å²) in [6.45, 7) is 3.12. The predicted molar refractivity (Wildman–Crippen MR) is 77.0 cm³/mol. The number of likely N-dealkylation sites (N-methyl/N-ethyl adjacent to an activating group) is 2. The maximum atomic E-state index is 4.24. The Hall–Kier alpha value is -0.940. The Labute approximate surface area is 116 Å². The molecule has 1 unspecified atom stereocenters. The number of nitrogens with zero attached hydrogens (tertiary/aromatic N) is 4. The Bertz CT molecular complexity index is 392. The van der Waals surface area contributed by atoms with Gasteiger partial charge in [-0.05, 0) is 40.4 Å². The van der Waals surface area contributed by atoms with E-state index < -0.39 is 0 Å². The zero-order chi connectivity index (χ0) is 13.9. The smallest absolute Gasteiger partial charge is 0.0775 e. The summed E-state index contributed by atoms with van der Waals surface area (Å²) < 4.78 is 2.06. The molecule has 0 aliphatic heterocycles. The van der Waals surface area contributed by atoms with Crippen LogP contribution in [0.25, 0.3) is 0 Å². The first kappa shape index (κ1) is 14.5. The summed E-state index contributed by atoms with van der Waals surface area (Å²) in [5.74, 6) is 0. The number of nitrogens with one attached hydrogen (secondary N) is 1. The van der Waals surface area contributed by atoms with Gasteiger partial charge in [-0.15, -0.1) is 5.10 Å². The lowest BCUT2D eigenvalue weighted by molar-refractivity contribution is 0.104. The van der Waals surface area contributed by atoms with E-state index in [9.17, 15) is 0 Å². The fraction of sp³-hybridized carbons (Fsp3) is 0.857. The third kappa shape index (κ3) is 2.54. The highest BCUT2D eigenvalue weighted by Gasteiger charge is 2.44. The number of hydrogen-bond acceptors (Lipinski definition) is 4. The average molecular weight is 265 g/mol. The SMILES string of the molecule is CCCn1nncc1C(NC)C1(N(C)C)CCCC1. The normalized spacial score (nSPS) is 20.1. The van der Waals surface area contributed by atoms with E-state index in [0.29, 0.717) is 6.04 Å². The van der Waals surface area contributed by atoms with E-state index in [-0.39, 0.29) is 5.54 Å². The molecular weight excluding hydrogens is 238 g/mol. The molecule has 0 aromatic carbocycles. The van der Waals surface area contributed by atoms with E-state index in [1.165, 1.54) is 31.4 Å². The van der Waals surface area contributed by atoms with Gasteiger partial charge in [0.15, 0.2) is 0 Å². The number of aromatic nitrogens is 3. The van der Waals surface area contributed by atoms with Crippen LogP contribution in [0, 0.1) is 0 Å². The van der Waals surface area contributed by atoms with Crippen LogP contribution < -0.4 is 5.32 Å². The summed E-state index contributed by atoms with van der Waals surface area (Å²) in [7, 11) is 6.45. The second kappa shape index (κ2) is 6.01. The molecule has 1 aliphatic carbocycles. The van der Waals surface area contributed by atoms with Crippen molar-refractivity contribution in [1.82, 2.24) is 25.2 Å². The highest BCUT2D eigenvalue weighted by Crippen LogP contribution is 2.43. The molecule has 1 N–H and O–H groups in total. The second-order valence-corrected chi connectivity index (χ2v) is 5.81. The van der Waals surface area contributed by atoms with Crippen molar-refractivity contribution in [3.63, 3.8) is 0 Å². The molecule has 0 spiro atoms. The van der Waals surface area contributed by atoms with Crippen molar-refractivity contribution >= 4 is 0 Å². The first-order valence-corrected chi connectivity index (χ1v) is 7.38. The Morgan fingerprint density at radius 1 is 1.42 bits per heavy atom. The summed E-state index contributed by atoms with van der Waals surface area (Å²) in [6.07, 6.45) is 8.12. The summed E-state index contributed by atoms with van der Waals surface area (Å²) >= 11 is 0. The summed E-state index contributed by atoms with van der Waals surface area (Å²) in [6, 6.07) is 0.298. The van der Waals surface area contributed by atoms with E-state index in [2.05, 4.69) is 53.3 Å². The molecule has 1 aromatic rings. The van der Waals surface area contributed by atoms with Gasteiger partial charge in [-0.3, -0.25) is 0 Å². The van der Waals surface area contributed by atoms with Gasteiger partial charge in [0.2, 0.25) is 0 Å². The van der Waals surface area contributed by atoms with E-state index in [1.54, 1.807) is 0 Å². The quantitative estimate of drug-likeness (QED) is 0.852. The molecule has 5 nitrogen and oxygen atoms in total. The lowest BCUT2D eigenvalue weighted by atomic mass is 9.85. The van der Waals surface area contributed by atoms with Crippen LogP contribution in [0.5, 0.6) is 0 Å². The predicted octanol–water partition coefficient (Wildman–Crippen LogP) is 1.82. The summed E-state index contributed by atoms with van der Waals surface area (Å²) in [4.78, 5) is 2.39. The third-order valence-corrected chi connectivity index (χ3v) is 4.56. The monoisotopic (exact) mass is 265 g/mol. The van der Waals surface area contributed by atoms with Crippen LogP contribution in [-0.2, 0) is 6.54 Å². The van der Waals surface area contributed by atoms with Crippen LogP contribution in [0.3, 0.4) is 0 Å². The molecule has 19 heavy (non-hydrogen) atoms. The lowest BCUT2D eigenvalue weighted by Gasteiger charge is -2.43. The first-order valence-electron chi connectivity index (χ1n) is 7.38. The maximum Gasteiger partial charge on any atom is 0.0775 e. The van der Waals surface area contributed by atoms with Gasteiger partial charge >= 0.3 is 0 Å².